The third-order valence-electron chi connectivity index (χ3n) is 3.64. The number of alkyl halides is 3. The third kappa shape index (κ3) is 3.31. The van der Waals surface area contributed by atoms with E-state index < -0.39 is 11.9 Å². The predicted octanol–water partition coefficient (Wildman–Crippen LogP) is 1.62. The summed E-state index contributed by atoms with van der Waals surface area (Å²) in [5.74, 6) is 1.11. The van der Waals surface area contributed by atoms with E-state index in [-0.39, 0.29) is 5.95 Å². The summed E-state index contributed by atoms with van der Waals surface area (Å²) in [5.41, 5.74) is -0.939. The molecule has 0 aliphatic carbocycles. The van der Waals surface area contributed by atoms with Gasteiger partial charge in [0.05, 0.1) is 7.11 Å². The molecule has 3 rings (SSSR count). The van der Waals surface area contributed by atoms with Crippen molar-refractivity contribution in [2.45, 2.75) is 6.18 Å². The third-order valence-corrected chi connectivity index (χ3v) is 3.64. The Morgan fingerprint density at radius 2 is 1.62 bits per heavy atom. The molecule has 0 bridgehead atoms. The average molecular weight is 340 g/mol. The Morgan fingerprint density at radius 1 is 0.958 bits per heavy atom. The molecular formula is C14H15F3N6O. The van der Waals surface area contributed by atoms with E-state index in [9.17, 15) is 13.2 Å². The molecule has 24 heavy (non-hydrogen) atoms. The molecule has 0 spiro atoms. The Labute approximate surface area is 136 Å². The number of halogens is 3. The number of hydrogen-bond donors (Lipinski definition) is 0. The summed E-state index contributed by atoms with van der Waals surface area (Å²) in [6, 6.07) is 0.865. The number of aromatic nitrogens is 4. The van der Waals surface area contributed by atoms with Crippen molar-refractivity contribution in [2.24, 2.45) is 0 Å². The Hall–Kier alpha value is -2.65. The van der Waals surface area contributed by atoms with Crippen LogP contribution in [-0.4, -0.2) is 53.2 Å². The summed E-state index contributed by atoms with van der Waals surface area (Å²) in [6.07, 6.45) is -0.245. The Kier molecular flexibility index (Phi) is 4.36. The van der Waals surface area contributed by atoms with Crippen LogP contribution in [0.5, 0.6) is 5.88 Å². The predicted molar refractivity (Wildman–Crippen MR) is 80.0 cm³/mol. The fraction of sp³-hybridized carbons (Fsp3) is 0.429. The van der Waals surface area contributed by atoms with Gasteiger partial charge in [0.2, 0.25) is 5.95 Å². The zero-order valence-electron chi connectivity index (χ0n) is 12.9. The number of anilines is 2. The van der Waals surface area contributed by atoms with Crippen LogP contribution in [-0.2, 0) is 6.18 Å². The van der Waals surface area contributed by atoms with Crippen LogP contribution in [0.1, 0.15) is 5.69 Å². The van der Waals surface area contributed by atoms with Gasteiger partial charge in [-0.1, -0.05) is 0 Å². The van der Waals surface area contributed by atoms with Gasteiger partial charge in [0, 0.05) is 44.8 Å². The first-order valence-electron chi connectivity index (χ1n) is 7.24. The van der Waals surface area contributed by atoms with Gasteiger partial charge >= 0.3 is 6.18 Å². The molecule has 0 amide bonds. The normalized spacial score (nSPS) is 15.5. The lowest BCUT2D eigenvalue weighted by Crippen LogP contribution is -2.47. The Balaban J connectivity index is 1.71. The molecule has 3 heterocycles. The molecule has 10 heteroatoms. The maximum atomic E-state index is 12.8. The highest BCUT2D eigenvalue weighted by atomic mass is 19.4. The number of methoxy groups -OCH3 is 1. The standard InChI is InChI=1S/C14H15F3N6O/c1-24-12-11(18-4-5-19-12)22-6-8-23(9-7-22)13-20-3-2-10(21-13)14(15,16)17/h2-5H,6-9H2,1H3. The van der Waals surface area contributed by atoms with Gasteiger partial charge in [0.15, 0.2) is 5.82 Å². The molecule has 128 valence electrons. The van der Waals surface area contributed by atoms with Gasteiger partial charge in [0.25, 0.3) is 5.88 Å². The first-order chi connectivity index (χ1) is 11.5. The molecule has 2 aromatic rings. The molecule has 2 aromatic heterocycles. The minimum Gasteiger partial charge on any atom is -0.478 e. The van der Waals surface area contributed by atoms with Crippen LogP contribution in [0, 0.1) is 0 Å². The van der Waals surface area contributed by atoms with Gasteiger partial charge in [-0.15, -0.1) is 0 Å². The minimum atomic E-state index is -4.48. The van der Waals surface area contributed by atoms with Crippen LogP contribution < -0.4 is 14.5 Å². The van der Waals surface area contributed by atoms with E-state index in [0.29, 0.717) is 37.9 Å². The summed E-state index contributed by atoms with van der Waals surface area (Å²) in [6.45, 7) is 2.05. The Morgan fingerprint density at radius 3 is 2.29 bits per heavy atom. The molecule has 1 saturated heterocycles. The monoisotopic (exact) mass is 340 g/mol. The number of piperazine rings is 1. The van der Waals surface area contributed by atoms with Crippen LogP contribution in [0.2, 0.25) is 0 Å². The highest BCUT2D eigenvalue weighted by molar-refractivity contribution is 5.49. The van der Waals surface area contributed by atoms with Crippen molar-refractivity contribution in [1.82, 2.24) is 19.9 Å². The Bertz CT molecular complexity index is 703. The summed E-state index contributed by atoms with van der Waals surface area (Å²) in [7, 11) is 1.51. The van der Waals surface area contributed by atoms with Crippen LogP contribution in [0.3, 0.4) is 0 Å². The van der Waals surface area contributed by atoms with Crippen molar-refractivity contribution < 1.29 is 17.9 Å². The minimum absolute atomic E-state index is 0.0792. The number of hydrogen-bond acceptors (Lipinski definition) is 7. The molecule has 1 fully saturated rings. The van der Waals surface area contributed by atoms with E-state index in [0.717, 1.165) is 12.3 Å². The quantitative estimate of drug-likeness (QED) is 0.841. The molecule has 0 saturated carbocycles. The van der Waals surface area contributed by atoms with Crippen molar-refractivity contribution >= 4 is 11.8 Å². The summed E-state index contributed by atoms with van der Waals surface area (Å²) < 4.78 is 43.5. The van der Waals surface area contributed by atoms with Gasteiger partial charge < -0.3 is 14.5 Å². The lowest BCUT2D eigenvalue weighted by atomic mass is 10.3. The average Bonchev–Trinajstić information content (AvgIpc) is 2.61. The topological polar surface area (TPSA) is 67.3 Å². The number of rotatable bonds is 3. The molecule has 1 aliphatic heterocycles. The molecule has 0 aromatic carbocycles. The summed E-state index contributed by atoms with van der Waals surface area (Å²) in [4.78, 5) is 19.6. The van der Waals surface area contributed by atoms with E-state index in [2.05, 4.69) is 19.9 Å². The van der Waals surface area contributed by atoms with Crippen molar-refractivity contribution in [1.29, 1.82) is 0 Å². The lowest BCUT2D eigenvalue weighted by molar-refractivity contribution is -0.141. The van der Waals surface area contributed by atoms with Gasteiger partial charge in [0.1, 0.15) is 5.69 Å². The zero-order chi connectivity index (χ0) is 17.2. The highest BCUT2D eigenvalue weighted by Crippen LogP contribution is 2.29. The fourth-order valence-electron chi connectivity index (χ4n) is 2.46. The number of nitrogens with zero attached hydrogens (tertiary/aromatic N) is 6. The first kappa shape index (κ1) is 16.2. The number of ether oxygens (including phenoxy) is 1. The maximum Gasteiger partial charge on any atom is 0.433 e. The van der Waals surface area contributed by atoms with Gasteiger partial charge in [-0.2, -0.15) is 13.2 Å². The van der Waals surface area contributed by atoms with Crippen molar-refractivity contribution in [3.63, 3.8) is 0 Å². The molecule has 0 atom stereocenters. The van der Waals surface area contributed by atoms with Crippen LogP contribution in [0.15, 0.2) is 24.7 Å². The molecule has 7 nitrogen and oxygen atoms in total. The van der Waals surface area contributed by atoms with E-state index in [1.54, 1.807) is 11.1 Å². The van der Waals surface area contributed by atoms with E-state index in [1.165, 1.54) is 13.3 Å². The SMILES string of the molecule is COc1nccnc1N1CCN(c2nccc(C(F)(F)F)n2)CC1. The van der Waals surface area contributed by atoms with Crippen LogP contribution in [0.25, 0.3) is 0 Å². The van der Waals surface area contributed by atoms with E-state index in [1.807, 2.05) is 4.90 Å². The van der Waals surface area contributed by atoms with Crippen molar-refractivity contribution in [3.05, 3.63) is 30.4 Å². The van der Waals surface area contributed by atoms with Crippen molar-refractivity contribution in [2.75, 3.05) is 43.1 Å². The van der Waals surface area contributed by atoms with Crippen LogP contribution >= 0.6 is 0 Å². The van der Waals surface area contributed by atoms with E-state index in [4.69, 9.17) is 4.74 Å². The lowest BCUT2D eigenvalue weighted by Gasteiger charge is -2.35. The zero-order valence-corrected chi connectivity index (χ0v) is 12.9. The summed E-state index contributed by atoms with van der Waals surface area (Å²) >= 11 is 0. The smallest absolute Gasteiger partial charge is 0.433 e. The molecular weight excluding hydrogens is 325 g/mol. The highest BCUT2D eigenvalue weighted by Gasteiger charge is 2.33. The molecule has 0 radical (unpaired) electrons. The second-order valence-electron chi connectivity index (χ2n) is 5.10. The maximum absolute atomic E-state index is 12.8. The van der Waals surface area contributed by atoms with Gasteiger partial charge in [-0.25, -0.2) is 19.9 Å². The largest absolute Gasteiger partial charge is 0.478 e. The molecule has 0 N–H and O–H groups in total. The second kappa shape index (κ2) is 6.46. The van der Waals surface area contributed by atoms with E-state index >= 15 is 0 Å². The van der Waals surface area contributed by atoms with Gasteiger partial charge in [-0.05, 0) is 6.07 Å². The molecule has 1 aliphatic rings. The second-order valence-corrected chi connectivity index (χ2v) is 5.10. The summed E-state index contributed by atoms with van der Waals surface area (Å²) in [5, 5.41) is 0. The first-order valence-corrected chi connectivity index (χ1v) is 7.24. The fourth-order valence-corrected chi connectivity index (χ4v) is 2.46. The molecule has 0 unspecified atom stereocenters. The van der Waals surface area contributed by atoms with Gasteiger partial charge in [-0.3, -0.25) is 0 Å². The van der Waals surface area contributed by atoms with Crippen molar-refractivity contribution in [3.8, 4) is 5.88 Å². The van der Waals surface area contributed by atoms with Crippen LogP contribution in [0.4, 0.5) is 24.9 Å².